The molecule has 13 heteroatoms. The van der Waals surface area contributed by atoms with Gasteiger partial charge in [-0.1, -0.05) is 58.4 Å². The molecular weight excluding hydrogens is 737 g/mol. The van der Waals surface area contributed by atoms with E-state index in [1.165, 1.54) is 7.05 Å². The summed E-state index contributed by atoms with van der Waals surface area (Å²) in [7, 11) is 3.60. The number of hydrogen-bond acceptors (Lipinski definition) is 7. The van der Waals surface area contributed by atoms with Gasteiger partial charge in [-0.05, 0) is 89.6 Å². The number of nitrogens with zero attached hydrogens (tertiary/aromatic N) is 2. The number of carbonyl (C=O) groups is 6. The number of amides is 5. The van der Waals surface area contributed by atoms with Crippen LogP contribution in [0.4, 0.5) is 10.5 Å². The van der Waals surface area contributed by atoms with Gasteiger partial charge in [-0.2, -0.15) is 0 Å². The van der Waals surface area contributed by atoms with Crippen LogP contribution in [-0.4, -0.2) is 90.4 Å². The number of Topliss-reactive ketones (excluding diaryl/α,β-unsaturated/α-hetero) is 2. The number of unbranched alkanes of at least 4 members (excludes halogenated alkanes) is 1. The molecule has 4 N–H and O–H groups in total. The molecule has 0 aliphatic carbocycles. The van der Waals surface area contributed by atoms with Crippen LogP contribution in [0.5, 0.6) is 0 Å². The monoisotopic (exact) mass is 800 g/mol. The molecule has 5 amide bonds. The van der Waals surface area contributed by atoms with E-state index in [4.69, 9.17) is 5.73 Å². The van der Waals surface area contributed by atoms with Crippen molar-refractivity contribution in [3.05, 3.63) is 35.6 Å². The molecule has 52 heavy (non-hydrogen) atoms. The molecular formula is C39H63N6O6Y-. The zero-order chi connectivity index (χ0) is 38.2. The number of anilines is 1. The Balaban J connectivity index is 0.0000135. The van der Waals surface area contributed by atoms with Gasteiger partial charge in [-0.25, -0.2) is 0 Å². The predicted molar refractivity (Wildman–Crippen MR) is 201 cm³/mol. The van der Waals surface area contributed by atoms with Gasteiger partial charge in [0.15, 0.2) is 17.6 Å². The van der Waals surface area contributed by atoms with Gasteiger partial charge in [0.25, 0.3) is 0 Å². The van der Waals surface area contributed by atoms with Crippen LogP contribution < -0.4 is 16.0 Å². The molecule has 12 nitrogen and oxygen atoms in total. The van der Waals surface area contributed by atoms with Crippen molar-refractivity contribution in [2.24, 2.45) is 23.7 Å². The summed E-state index contributed by atoms with van der Waals surface area (Å²) in [5, 5.41) is 8.04. The number of urea groups is 1. The van der Waals surface area contributed by atoms with E-state index in [9.17, 15) is 28.8 Å². The molecule has 0 spiro atoms. The van der Waals surface area contributed by atoms with Crippen LogP contribution >= 0.6 is 0 Å². The Morgan fingerprint density at radius 3 is 2.15 bits per heavy atom. The van der Waals surface area contributed by atoms with Crippen LogP contribution in [0.2, 0.25) is 0 Å². The molecule has 289 valence electrons. The number of rotatable bonds is 22. The van der Waals surface area contributed by atoms with Crippen molar-refractivity contribution < 1.29 is 61.5 Å². The fourth-order valence-electron chi connectivity index (χ4n) is 6.68. The second-order valence-corrected chi connectivity index (χ2v) is 15.0. The summed E-state index contributed by atoms with van der Waals surface area (Å²) in [5.41, 5.74) is 8.47. The molecule has 0 aromatic heterocycles. The van der Waals surface area contributed by atoms with Gasteiger partial charge in [0, 0.05) is 82.9 Å². The second-order valence-electron chi connectivity index (χ2n) is 15.0. The molecule has 0 saturated carbocycles. The summed E-state index contributed by atoms with van der Waals surface area (Å²) < 4.78 is 0. The molecule has 1 heterocycles. The number of ketones is 2. The number of carbonyl (C=O) groups excluding carboxylic acids is 6. The topological polar surface area (TPSA) is 169 Å². The molecule has 1 aliphatic heterocycles. The summed E-state index contributed by atoms with van der Waals surface area (Å²) in [6, 6.07) is 5.12. The molecule has 1 aromatic rings. The molecule has 5 atom stereocenters. The van der Waals surface area contributed by atoms with E-state index >= 15 is 0 Å². The zero-order valence-electron chi connectivity index (χ0n) is 32.8. The predicted octanol–water partition coefficient (Wildman–Crippen LogP) is 5.79. The van der Waals surface area contributed by atoms with Crippen molar-refractivity contribution in [3.8, 4) is 0 Å². The van der Waals surface area contributed by atoms with Gasteiger partial charge in [0.2, 0.25) is 17.7 Å². The quantitative estimate of drug-likeness (QED) is 0.125. The molecule has 1 aliphatic rings. The first-order valence-electron chi connectivity index (χ1n) is 18.8. The number of nitrogens with one attached hydrogen (secondary N) is 4. The molecule has 2 rings (SSSR count). The Morgan fingerprint density at radius 1 is 0.942 bits per heavy atom. The molecule has 1 saturated heterocycles. The summed E-state index contributed by atoms with van der Waals surface area (Å²) in [6.45, 7) is 13.2. The van der Waals surface area contributed by atoms with Gasteiger partial charge in [-0.15, -0.1) is 0 Å². The smallest absolute Gasteiger partial charge is 0.226 e. The fourth-order valence-corrected chi connectivity index (χ4v) is 6.68. The van der Waals surface area contributed by atoms with E-state index in [0.29, 0.717) is 56.8 Å². The van der Waals surface area contributed by atoms with E-state index < -0.39 is 35.9 Å². The van der Waals surface area contributed by atoms with Gasteiger partial charge < -0.3 is 31.5 Å². The van der Waals surface area contributed by atoms with Crippen molar-refractivity contribution >= 4 is 41.0 Å². The van der Waals surface area contributed by atoms with Gasteiger partial charge in [0.1, 0.15) is 0 Å². The summed E-state index contributed by atoms with van der Waals surface area (Å²) in [6.07, 6.45) is 4.77. The summed E-state index contributed by atoms with van der Waals surface area (Å²) in [5.74, 6) is -2.37. The van der Waals surface area contributed by atoms with Crippen LogP contribution in [0.3, 0.4) is 0 Å². The van der Waals surface area contributed by atoms with Gasteiger partial charge >= 0.3 is 0 Å². The van der Waals surface area contributed by atoms with Gasteiger partial charge in [0.05, 0.1) is 12.1 Å². The molecule has 1 radical (unpaired) electrons. The van der Waals surface area contributed by atoms with E-state index in [1.807, 2.05) is 32.9 Å². The van der Waals surface area contributed by atoms with Crippen LogP contribution in [-0.2, 0) is 63.1 Å². The number of likely N-dealkylation sites (tertiary alicyclic amines) is 1. The maximum atomic E-state index is 14.2. The maximum absolute atomic E-state index is 14.2. The van der Waals surface area contributed by atoms with Crippen molar-refractivity contribution in [3.63, 3.8) is 0 Å². The Kier molecular flexibility index (Phi) is 21.7. The van der Waals surface area contributed by atoms with E-state index in [-0.39, 0.29) is 80.8 Å². The largest absolute Gasteiger partial charge is 0.447 e. The van der Waals surface area contributed by atoms with Crippen molar-refractivity contribution in [2.75, 3.05) is 32.5 Å². The fraction of sp³-hybridized carbons (Fsp3) is 0.692. The Bertz CT molecular complexity index is 1320. The minimum Gasteiger partial charge on any atom is -0.447 e. The molecule has 1 fully saturated rings. The van der Waals surface area contributed by atoms with Crippen molar-refractivity contribution in [1.29, 1.82) is 0 Å². The first-order chi connectivity index (χ1) is 24.1. The SMILES string of the molecule is CC[C@H](Cc1ccc(NC([NH-])=O)cc1)C(=O)N[C@@H](CC(C)C)C(=O)C[C@@H](CCCCN(C)C(C)C)C(=O)N1CCCC1C(=O)C[C@H](C)C(=O)NC.[Y]. The third kappa shape index (κ3) is 15.7. The summed E-state index contributed by atoms with van der Waals surface area (Å²) in [4.78, 5) is 82.4. The first kappa shape index (κ1) is 47.3. The summed E-state index contributed by atoms with van der Waals surface area (Å²) >= 11 is 0. The second kappa shape index (κ2) is 23.9. The van der Waals surface area contributed by atoms with Crippen LogP contribution in [0.1, 0.15) is 105 Å². The Hall–Kier alpha value is -2.70. The maximum Gasteiger partial charge on any atom is 0.226 e. The zero-order valence-corrected chi connectivity index (χ0v) is 35.6. The van der Waals surface area contributed by atoms with Gasteiger partial charge in [-0.3, -0.25) is 28.8 Å². The average Bonchev–Trinajstić information content (AvgIpc) is 3.57. The number of hydrogen-bond donors (Lipinski definition) is 3. The third-order valence-corrected chi connectivity index (χ3v) is 10.1. The molecule has 1 unspecified atom stereocenters. The minimum atomic E-state index is -0.904. The van der Waals surface area contributed by atoms with Crippen molar-refractivity contribution in [1.82, 2.24) is 20.4 Å². The normalized spacial score (nSPS) is 16.5. The minimum absolute atomic E-state index is 0. The van der Waals surface area contributed by atoms with E-state index in [2.05, 4.69) is 41.7 Å². The average molecular weight is 801 g/mol. The third-order valence-electron chi connectivity index (χ3n) is 10.1. The van der Waals surface area contributed by atoms with Crippen LogP contribution in [0, 0.1) is 23.7 Å². The van der Waals surface area contributed by atoms with E-state index in [0.717, 1.165) is 24.9 Å². The molecule has 1 aromatic carbocycles. The standard InChI is InChI=1S/C39H64N6O6.Y/c1-9-29(23-28-15-17-31(18-16-28)42-39(40)51)37(49)43-32(21-25(2)3)34(46)24-30(13-10-11-19-44(8)26(4)5)38(50)45-20-12-14-33(45)35(47)22-27(6)36(48)41-7;/h15-18,25-27,29-30,32-33H,9-14,19-24H2,1-8H3,(H5,40,41,42,43,48,49,51);/p-1/t27-,29+,30+,32-,33?;/m0./s1. The number of benzene rings is 1. The Morgan fingerprint density at radius 2 is 1.60 bits per heavy atom. The van der Waals surface area contributed by atoms with Crippen molar-refractivity contribution in [2.45, 2.75) is 124 Å². The Labute approximate surface area is 336 Å². The first-order valence-corrected chi connectivity index (χ1v) is 18.8. The van der Waals surface area contributed by atoms with Crippen LogP contribution in [0.15, 0.2) is 24.3 Å². The van der Waals surface area contributed by atoms with Crippen LogP contribution in [0.25, 0.3) is 5.73 Å². The molecule has 0 bridgehead atoms. The van der Waals surface area contributed by atoms with E-state index in [1.54, 1.807) is 24.0 Å².